The van der Waals surface area contributed by atoms with E-state index in [0.717, 1.165) is 0 Å². The quantitative estimate of drug-likeness (QED) is 0.897. The molecule has 0 amide bonds. The van der Waals surface area contributed by atoms with Crippen molar-refractivity contribution in [3.8, 4) is 0 Å². The highest BCUT2D eigenvalue weighted by molar-refractivity contribution is 5.90. The van der Waals surface area contributed by atoms with Crippen molar-refractivity contribution < 1.29 is 14.3 Å². The van der Waals surface area contributed by atoms with Crippen molar-refractivity contribution in [2.45, 2.75) is 20.3 Å². The lowest BCUT2D eigenvalue weighted by atomic mass is 10.1. The molecule has 0 atom stereocenters. The van der Waals surface area contributed by atoms with Gasteiger partial charge in [0.1, 0.15) is 6.33 Å². The Bertz CT molecular complexity index is 659. The molecular weight excluding hydrogens is 261 g/mol. The smallest absolute Gasteiger partial charge is 0.336 e. The number of hydrogen-bond donors (Lipinski definition) is 2. The summed E-state index contributed by atoms with van der Waals surface area (Å²) in [5, 5.41) is 11.8. The average molecular weight is 275 g/mol. The summed E-state index contributed by atoms with van der Waals surface area (Å²) < 4.78 is 14.0. The van der Waals surface area contributed by atoms with Gasteiger partial charge in [-0.05, 0) is 31.0 Å². The third kappa shape index (κ3) is 2.74. The van der Waals surface area contributed by atoms with Crippen LogP contribution in [-0.2, 0) is 6.42 Å². The van der Waals surface area contributed by atoms with E-state index in [-0.39, 0.29) is 11.4 Å². The summed E-state index contributed by atoms with van der Waals surface area (Å²) in [7, 11) is 0. The molecular formula is C14H14FN3O2. The topological polar surface area (TPSA) is 75.1 Å². The van der Waals surface area contributed by atoms with E-state index in [2.05, 4.69) is 15.3 Å². The first-order valence-electron chi connectivity index (χ1n) is 6.13. The van der Waals surface area contributed by atoms with Crippen LogP contribution in [0.25, 0.3) is 0 Å². The average Bonchev–Trinajstić information content (AvgIpc) is 2.43. The lowest BCUT2D eigenvalue weighted by Crippen LogP contribution is -2.05. The second kappa shape index (κ2) is 5.64. The van der Waals surface area contributed by atoms with Gasteiger partial charge in [0.2, 0.25) is 0 Å². The summed E-state index contributed by atoms with van der Waals surface area (Å²) in [4.78, 5) is 18.7. The Morgan fingerprint density at radius 1 is 1.40 bits per heavy atom. The van der Waals surface area contributed by atoms with Crippen LogP contribution in [0.5, 0.6) is 0 Å². The van der Waals surface area contributed by atoms with Crippen molar-refractivity contribution in [3.05, 3.63) is 47.2 Å². The summed E-state index contributed by atoms with van der Waals surface area (Å²) in [6, 6.07) is 4.78. The number of hydrogen-bond acceptors (Lipinski definition) is 4. The Kier molecular flexibility index (Phi) is 3.93. The molecule has 104 valence electrons. The first-order chi connectivity index (χ1) is 9.52. The van der Waals surface area contributed by atoms with Gasteiger partial charge in [-0.2, -0.15) is 0 Å². The fourth-order valence-electron chi connectivity index (χ4n) is 1.81. The second-order valence-electron chi connectivity index (χ2n) is 4.30. The van der Waals surface area contributed by atoms with Gasteiger partial charge in [-0.25, -0.2) is 19.2 Å². The highest BCUT2D eigenvalue weighted by Gasteiger charge is 2.12. The molecule has 0 spiro atoms. The third-order valence-corrected chi connectivity index (χ3v) is 2.93. The molecule has 0 aliphatic carbocycles. The molecule has 0 aliphatic rings. The highest BCUT2D eigenvalue weighted by Crippen LogP contribution is 2.21. The molecule has 0 saturated heterocycles. The van der Waals surface area contributed by atoms with Crippen LogP contribution in [0.1, 0.15) is 28.5 Å². The summed E-state index contributed by atoms with van der Waals surface area (Å²) in [5.74, 6) is -1.51. The Balaban J connectivity index is 2.35. The maximum absolute atomic E-state index is 14.0. The van der Waals surface area contributed by atoms with E-state index in [1.165, 1.54) is 12.4 Å². The molecule has 5 nitrogen and oxygen atoms in total. The van der Waals surface area contributed by atoms with Gasteiger partial charge in [-0.3, -0.25) is 0 Å². The van der Waals surface area contributed by atoms with E-state index in [1.807, 2.05) is 0 Å². The number of aromatic nitrogens is 2. The standard InChI is InChI=1S/C14H14FN3O2/c1-3-11-12(15)13(17-7-16-11)18-9-5-4-8(2)10(6-9)14(19)20/h4-7H,3H2,1-2H3,(H,19,20)(H,16,17,18). The monoisotopic (exact) mass is 275 g/mol. The first kappa shape index (κ1) is 13.9. The van der Waals surface area contributed by atoms with E-state index in [1.54, 1.807) is 26.0 Å². The summed E-state index contributed by atoms with van der Waals surface area (Å²) in [5.41, 5.74) is 1.58. The van der Waals surface area contributed by atoms with Crippen LogP contribution >= 0.6 is 0 Å². The summed E-state index contributed by atoms with van der Waals surface area (Å²) in [6.07, 6.45) is 1.73. The van der Waals surface area contributed by atoms with Gasteiger partial charge in [-0.15, -0.1) is 0 Å². The molecule has 0 radical (unpaired) electrons. The molecule has 2 aromatic rings. The fraction of sp³-hybridized carbons (Fsp3) is 0.214. The number of benzene rings is 1. The molecule has 1 aromatic carbocycles. The van der Waals surface area contributed by atoms with Gasteiger partial charge < -0.3 is 10.4 Å². The third-order valence-electron chi connectivity index (χ3n) is 2.93. The van der Waals surface area contributed by atoms with Crippen LogP contribution in [0.4, 0.5) is 15.9 Å². The van der Waals surface area contributed by atoms with Crippen LogP contribution < -0.4 is 5.32 Å². The van der Waals surface area contributed by atoms with Crippen LogP contribution in [0.2, 0.25) is 0 Å². The molecule has 0 saturated carbocycles. The van der Waals surface area contributed by atoms with E-state index in [9.17, 15) is 9.18 Å². The number of nitrogens with zero attached hydrogens (tertiary/aromatic N) is 2. The molecule has 2 N–H and O–H groups in total. The van der Waals surface area contributed by atoms with Gasteiger partial charge in [0.25, 0.3) is 0 Å². The Hall–Kier alpha value is -2.50. The van der Waals surface area contributed by atoms with Crippen molar-refractivity contribution >= 4 is 17.5 Å². The van der Waals surface area contributed by atoms with Crippen molar-refractivity contribution in [2.24, 2.45) is 0 Å². The van der Waals surface area contributed by atoms with Gasteiger partial charge >= 0.3 is 5.97 Å². The first-order valence-corrected chi connectivity index (χ1v) is 6.13. The number of halogens is 1. The van der Waals surface area contributed by atoms with Crippen molar-refractivity contribution in [3.63, 3.8) is 0 Å². The van der Waals surface area contributed by atoms with Crippen LogP contribution in [0.15, 0.2) is 24.5 Å². The van der Waals surface area contributed by atoms with Gasteiger partial charge in [0.05, 0.1) is 11.3 Å². The molecule has 1 aromatic heterocycles. The second-order valence-corrected chi connectivity index (χ2v) is 4.30. The number of carboxylic acid groups (broad SMARTS) is 1. The summed E-state index contributed by atoms with van der Waals surface area (Å²) in [6.45, 7) is 3.50. The predicted octanol–water partition coefficient (Wildman–Crippen LogP) is 2.93. The molecule has 6 heteroatoms. The molecule has 2 rings (SSSR count). The molecule has 0 fully saturated rings. The molecule has 20 heavy (non-hydrogen) atoms. The lowest BCUT2D eigenvalue weighted by Gasteiger charge is -2.10. The maximum atomic E-state index is 14.0. The fourth-order valence-corrected chi connectivity index (χ4v) is 1.81. The summed E-state index contributed by atoms with van der Waals surface area (Å²) >= 11 is 0. The Labute approximate surface area is 115 Å². The minimum Gasteiger partial charge on any atom is -0.478 e. The molecule has 1 heterocycles. The highest BCUT2D eigenvalue weighted by atomic mass is 19.1. The number of carbonyl (C=O) groups is 1. The van der Waals surface area contributed by atoms with Crippen LogP contribution in [0.3, 0.4) is 0 Å². The SMILES string of the molecule is CCc1ncnc(Nc2ccc(C)c(C(=O)O)c2)c1F. The predicted molar refractivity (Wildman–Crippen MR) is 72.8 cm³/mol. The Morgan fingerprint density at radius 3 is 2.80 bits per heavy atom. The molecule has 0 bridgehead atoms. The number of aryl methyl sites for hydroxylation is 2. The van der Waals surface area contributed by atoms with Gasteiger partial charge in [0.15, 0.2) is 11.6 Å². The number of aromatic carboxylic acids is 1. The minimum atomic E-state index is -1.02. The number of nitrogens with one attached hydrogen (secondary N) is 1. The largest absolute Gasteiger partial charge is 0.478 e. The lowest BCUT2D eigenvalue weighted by molar-refractivity contribution is 0.0696. The van der Waals surface area contributed by atoms with Crippen LogP contribution in [-0.4, -0.2) is 21.0 Å². The zero-order valence-electron chi connectivity index (χ0n) is 11.1. The van der Waals surface area contributed by atoms with Crippen molar-refractivity contribution in [1.29, 1.82) is 0 Å². The number of carboxylic acids is 1. The number of anilines is 2. The normalized spacial score (nSPS) is 10.3. The molecule has 0 aliphatic heterocycles. The van der Waals surface area contributed by atoms with Gasteiger partial charge in [0, 0.05) is 5.69 Å². The zero-order valence-corrected chi connectivity index (χ0v) is 11.1. The zero-order chi connectivity index (χ0) is 14.7. The maximum Gasteiger partial charge on any atom is 0.336 e. The van der Waals surface area contributed by atoms with Gasteiger partial charge in [-0.1, -0.05) is 13.0 Å². The van der Waals surface area contributed by atoms with E-state index >= 15 is 0 Å². The van der Waals surface area contributed by atoms with E-state index in [0.29, 0.717) is 23.4 Å². The number of rotatable bonds is 4. The Morgan fingerprint density at radius 2 is 2.15 bits per heavy atom. The molecule has 0 unspecified atom stereocenters. The van der Waals surface area contributed by atoms with Crippen molar-refractivity contribution in [1.82, 2.24) is 9.97 Å². The van der Waals surface area contributed by atoms with E-state index < -0.39 is 11.8 Å². The van der Waals surface area contributed by atoms with Crippen LogP contribution in [0, 0.1) is 12.7 Å². The van der Waals surface area contributed by atoms with Crippen molar-refractivity contribution in [2.75, 3.05) is 5.32 Å². The van der Waals surface area contributed by atoms with E-state index in [4.69, 9.17) is 5.11 Å². The minimum absolute atomic E-state index is 0.0389.